The van der Waals surface area contributed by atoms with Crippen molar-refractivity contribution >= 4 is 49.9 Å². The number of H-pyrrole nitrogens is 1. The first-order chi connectivity index (χ1) is 12.9. The van der Waals surface area contributed by atoms with Gasteiger partial charge in [0.2, 0.25) is 10.0 Å². The molecule has 1 aliphatic rings. The number of halogens is 4. The summed E-state index contributed by atoms with van der Waals surface area (Å²) in [5.74, 6) is -3.19. The fraction of sp³-hybridized carbons (Fsp3) is 0.188. The van der Waals surface area contributed by atoms with Crippen molar-refractivity contribution in [1.29, 1.82) is 0 Å². The predicted octanol–water partition coefficient (Wildman–Crippen LogP) is 3.23. The standard InChI is InChI=1S/C16H13ClF2IN3O4S/c1-16(17)5-7(20)2-3-11(16)22-14-8(9-6-27-23-15(9)24)4-10(28(21,25)26)12(18)13(14)19/h2-6,11,22H,1H3,(H,23,24)(H2,21,25,26). The Labute approximate surface area is 176 Å². The third-order valence-electron chi connectivity index (χ3n) is 4.12. The zero-order valence-corrected chi connectivity index (χ0v) is 17.8. The molecule has 0 fully saturated rings. The Kier molecular flexibility index (Phi) is 5.47. The lowest BCUT2D eigenvalue weighted by molar-refractivity contribution is 0.414. The van der Waals surface area contributed by atoms with Crippen LogP contribution in [-0.4, -0.2) is 24.5 Å². The van der Waals surface area contributed by atoms with Crippen molar-refractivity contribution in [2.45, 2.75) is 22.7 Å². The summed E-state index contributed by atoms with van der Waals surface area (Å²) in [7, 11) is -4.60. The average Bonchev–Trinajstić information content (AvgIpc) is 2.98. The molecule has 4 N–H and O–H groups in total. The first kappa shape index (κ1) is 21.0. The Morgan fingerprint density at radius 2 is 2.04 bits per heavy atom. The third kappa shape index (κ3) is 3.88. The molecule has 2 unspecified atom stereocenters. The van der Waals surface area contributed by atoms with E-state index in [0.717, 1.165) is 15.9 Å². The maximum atomic E-state index is 14.9. The van der Waals surface area contributed by atoms with Gasteiger partial charge in [-0.15, -0.1) is 11.6 Å². The van der Waals surface area contributed by atoms with Crippen molar-refractivity contribution in [3.63, 3.8) is 0 Å². The number of primary sulfonamides is 1. The molecule has 150 valence electrons. The van der Waals surface area contributed by atoms with Crippen LogP contribution in [-0.2, 0) is 10.0 Å². The fourth-order valence-corrected chi connectivity index (χ4v) is 4.63. The van der Waals surface area contributed by atoms with E-state index in [1.54, 1.807) is 25.2 Å². The molecule has 0 spiro atoms. The summed E-state index contributed by atoms with van der Waals surface area (Å²) in [6, 6.07) is 0.0695. The monoisotopic (exact) mass is 543 g/mol. The molecular weight excluding hydrogens is 531 g/mol. The summed E-state index contributed by atoms with van der Waals surface area (Å²) < 4.78 is 58.2. The Balaban J connectivity index is 2.24. The molecule has 1 heterocycles. The fourth-order valence-electron chi connectivity index (χ4n) is 2.73. The van der Waals surface area contributed by atoms with Crippen LogP contribution in [0.2, 0.25) is 0 Å². The number of aromatic nitrogens is 1. The van der Waals surface area contributed by atoms with Crippen LogP contribution in [0.5, 0.6) is 0 Å². The minimum atomic E-state index is -4.60. The molecule has 0 amide bonds. The van der Waals surface area contributed by atoms with Gasteiger partial charge < -0.3 is 9.84 Å². The number of sulfonamides is 1. The van der Waals surface area contributed by atoms with Crippen molar-refractivity contribution in [2.24, 2.45) is 5.14 Å². The number of allylic oxidation sites excluding steroid dienone is 2. The summed E-state index contributed by atoms with van der Waals surface area (Å²) in [5, 5.41) is 9.73. The topological polar surface area (TPSA) is 118 Å². The Morgan fingerprint density at radius 1 is 1.36 bits per heavy atom. The lowest BCUT2D eigenvalue weighted by Crippen LogP contribution is -2.39. The largest absolute Gasteiger partial charge is 0.386 e. The predicted molar refractivity (Wildman–Crippen MR) is 109 cm³/mol. The number of benzene rings is 1. The van der Waals surface area contributed by atoms with Crippen LogP contribution in [0.4, 0.5) is 14.5 Å². The Morgan fingerprint density at radius 3 is 2.57 bits per heavy atom. The third-order valence-corrected chi connectivity index (χ3v) is 6.04. The minimum absolute atomic E-state index is 0.215. The zero-order valence-electron chi connectivity index (χ0n) is 14.1. The summed E-state index contributed by atoms with van der Waals surface area (Å²) in [4.78, 5) is 9.87. The molecule has 12 heteroatoms. The second kappa shape index (κ2) is 7.28. The van der Waals surface area contributed by atoms with E-state index in [1.165, 1.54) is 0 Å². The van der Waals surface area contributed by atoms with E-state index in [1.807, 2.05) is 5.16 Å². The van der Waals surface area contributed by atoms with Gasteiger partial charge >= 0.3 is 0 Å². The highest BCUT2D eigenvalue weighted by Gasteiger charge is 2.34. The average molecular weight is 544 g/mol. The van der Waals surface area contributed by atoms with Crippen LogP contribution in [0.25, 0.3) is 11.1 Å². The number of hydrogen-bond donors (Lipinski definition) is 3. The van der Waals surface area contributed by atoms with E-state index < -0.39 is 48.7 Å². The van der Waals surface area contributed by atoms with Gasteiger partial charge in [-0.3, -0.25) is 4.79 Å². The number of anilines is 1. The van der Waals surface area contributed by atoms with Gasteiger partial charge in [0.25, 0.3) is 5.56 Å². The number of alkyl halides is 1. The molecule has 0 radical (unpaired) electrons. The molecule has 2 aromatic rings. The molecule has 1 aromatic heterocycles. The second-order valence-corrected chi connectivity index (χ2v) is 9.80. The Bertz CT molecular complexity index is 1170. The number of aromatic amines is 1. The maximum Gasteiger partial charge on any atom is 0.287 e. The highest BCUT2D eigenvalue weighted by Crippen LogP contribution is 2.38. The quantitative estimate of drug-likeness (QED) is 0.404. The van der Waals surface area contributed by atoms with Gasteiger partial charge in [0.1, 0.15) is 11.2 Å². The SMILES string of the molecule is CC1(Cl)C=C(I)C=CC1Nc1c(-c2co[nH]c2=O)cc(S(N)(=O)=O)c(F)c1F. The first-order valence-electron chi connectivity index (χ1n) is 7.65. The van der Waals surface area contributed by atoms with E-state index in [2.05, 4.69) is 32.4 Å². The van der Waals surface area contributed by atoms with Gasteiger partial charge in [0, 0.05) is 9.14 Å². The first-order valence-corrected chi connectivity index (χ1v) is 10.7. The molecule has 0 bridgehead atoms. The molecule has 1 aromatic carbocycles. The zero-order chi connectivity index (χ0) is 20.9. The smallest absolute Gasteiger partial charge is 0.287 e. The molecule has 3 rings (SSSR count). The molecule has 2 atom stereocenters. The van der Waals surface area contributed by atoms with E-state index in [9.17, 15) is 22.0 Å². The summed E-state index contributed by atoms with van der Waals surface area (Å²) in [6.45, 7) is 1.66. The van der Waals surface area contributed by atoms with Gasteiger partial charge in [0.15, 0.2) is 11.6 Å². The summed E-state index contributed by atoms with van der Waals surface area (Å²) in [5.41, 5.74) is -1.68. The molecule has 1 aliphatic carbocycles. The maximum absolute atomic E-state index is 14.9. The van der Waals surface area contributed by atoms with Gasteiger partial charge in [-0.2, -0.15) is 5.16 Å². The van der Waals surface area contributed by atoms with Gasteiger partial charge in [0.05, 0.1) is 22.2 Å². The van der Waals surface area contributed by atoms with Crippen molar-refractivity contribution in [3.8, 4) is 11.1 Å². The van der Waals surface area contributed by atoms with E-state index >= 15 is 0 Å². The normalized spacial score (nSPS) is 22.2. The van der Waals surface area contributed by atoms with Gasteiger partial charge in [-0.05, 0) is 41.7 Å². The molecule has 0 aliphatic heterocycles. The van der Waals surface area contributed by atoms with E-state index in [0.29, 0.717) is 0 Å². The van der Waals surface area contributed by atoms with Crippen molar-refractivity contribution < 1.29 is 21.7 Å². The molecule has 0 saturated heterocycles. The van der Waals surface area contributed by atoms with E-state index in [-0.39, 0.29) is 11.1 Å². The van der Waals surface area contributed by atoms with Crippen LogP contribution in [0, 0.1) is 11.6 Å². The molecule has 28 heavy (non-hydrogen) atoms. The lowest BCUT2D eigenvalue weighted by Gasteiger charge is -2.32. The molecule has 7 nitrogen and oxygen atoms in total. The number of rotatable bonds is 4. The van der Waals surface area contributed by atoms with Crippen molar-refractivity contribution in [1.82, 2.24) is 5.16 Å². The summed E-state index contributed by atoms with van der Waals surface area (Å²) in [6.07, 6.45) is 6.03. The highest BCUT2D eigenvalue weighted by atomic mass is 127. The Hall–Kier alpha value is -1.70. The van der Waals surface area contributed by atoms with Crippen LogP contribution in [0.3, 0.4) is 0 Å². The molecule has 0 saturated carbocycles. The number of nitrogens with two attached hydrogens (primary N) is 1. The van der Waals surface area contributed by atoms with Crippen molar-refractivity contribution in [3.05, 3.63) is 56.1 Å². The van der Waals surface area contributed by atoms with Crippen LogP contribution < -0.4 is 16.0 Å². The minimum Gasteiger partial charge on any atom is -0.386 e. The van der Waals surface area contributed by atoms with Crippen LogP contribution >= 0.6 is 34.2 Å². The highest BCUT2D eigenvalue weighted by molar-refractivity contribution is 14.1. The summed E-state index contributed by atoms with van der Waals surface area (Å²) >= 11 is 8.53. The van der Waals surface area contributed by atoms with Crippen molar-refractivity contribution in [2.75, 3.05) is 5.32 Å². The second-order valence-electron chi connectivity index (χ2n) is 6.21. The van der Waals surface area contributed by atoms with Crippen LogP contribution in [0.15, 0.2) is 48.4 Å². The number of hydrogen-bond acceptors (Lipinski definition) is 5. The van der Waals surface area contributed by atoms with E-state index in [4.69, 9.17) is 16.7 Å². The number of nitrogens with one attached hydrogen (secondary N) is 2. The van der Waals surface area contributed by atoms with Gasteiger partial charge in [-0.25, -0.2) is 22.3 Å². The van der Waals surface area contributed by atoms with Crippen LogP contribution in [0.1, 0.15) is 6.92 Å². The molecular formula is C16H13ClF2IN3O4S. The lowest BCUT2D eigenvalue weighted by atomic mass is 9.95. The van der Waals surface area contributed by atoms with Gasteiger partial charge in [-0.1, -0.05) is 12.2 Å².